The Bertz CT molecular complexity index is 1540. The highest BCUT2D eigenvalue weighted by molar-refractivity contribution is 9.10. The topological polar surface area (TPSA) is 62.5 Å². The van der Waals surface area contributed by atoms with E-state index in [9.17, 15) is 4.79 Å². The fraction of sp³-hybridized carbons (Fsp3) is 0.138. The second-order valence-corrected chi connectivity index (χ2v) is 9.95. The number of nitrogens with one attached hydrogen (secondary N) is 1. The predicted molar refractivity (Wildman–Crippen MR) is 153 cm³/mol. The number of rotatable bonds is 8. The number of halogens is 2. The van der Waals surface area contributed by atoms with Crippen LogP contribution in [0.4, 0.5) is 5.82 Å². The lowest BCUT2D eigenvalue weighted by molar-refractivity contribution is 0.0794. The molecule has 0 aliphatic rings. The smallest absolute Gasteiger partial charge is 0.253 e. The van der Waals surface area contributed by atoms with Gasteiger partial charge in [0, 0.05) is 42.4 Å². The minimum atomic E-state index is 0.00271. The van der Waals surface area contributed by atoms with Crippen molar-refractivity contribution in [3.05, 3.63) is 106 Å². The molecule has 0 saturated heterocycles. The first-order valence-electron chi connectivity index (χ1n) is 12.0. The fourth-order valence-corrected chi connectivity index (χ4v) is 4.74. The van der Waals surface area contributed by atoms with E-state index >= 15 is 0 Å². The van der Waals surface area contributed by atoms with Crippen molar-refractivity contribution in [2.75, 3.05) is 25.5 Å². The normalized spacial score (nSPS) is 11.0. The summed E-state index contributed by atoms with van der Waals surface area (Å²) in [7, 11) is 1.83. The second kappa shape index (κ2) is 11.2. The molecule has 5 rings (SSSR count). The molecule has 0 saturated carbocycles. The SMILES string of the molecule is CN(CCCNc1cc(-c2ccccc2Cl)nc2c(Br)cnn12)C(=O)c1ccc(-c2ccccc2)cc1. The Labute approximate surface area is 229 Å². The Kier molecular flexibility index (Phi) is 7.53. The maximum absolute atomic E-state index is 12.9. The lowest BCUT2D eigenvalue weighted by Gasteiger charge is -2.18. The highest BCUT2D eigenvalue weighted by atomic mass is 79.9. The Morgan fingerprint density at radius 2 is 1.70 bits per heavy atom. The van der Waals surface area contributed by atoms with Gasteiger partial charge in [-0.2, -0.15) is 9.61 Å². The van der Waals surface area contributed by atoms with E-state index in [2.05, 4.69) is 38.5 Å². The van der Waals surface area contributed by atoms with Gasteiger partial charge in [0.2, 0.25) is 0 Å². The molecule has 8 heteroatoms. The van der Waals surface area contributed by atoms with E-state index in [1.54, 1.807) is 15.6 Å². The van der Waals surface area contributed by atoms with Crippen LogP contribution in [0, 0.1) is 0 Å². The zero-order valence-electron chi connectivity index (χ0n) is 20.2. The van der Waals surface area contributed by atoms with Crippen LogP contribution in [0.5, 0.6) is 0 Å². The summed E-state index contributed by atoms with van der Waals surface area (Å²) in [6, 6.07) is 27.5. The average molecular weight is 575 g/mol. The molecule has 186 valence electrons. The van der Waals surface area contributed by atoms with Crippen molar-refractivity contribution in [1.29, 1.82) is 0 Å². The van der Waals surface area contributed by atoms with Crippen molar-refractivity contribution in [2.24, 2.45) is 0 Å². The van der Waals surface area contributed by atoms with E-state index in [-0.39, 0.29) is 5.91 Å². The number of carbonyl (C=O) groups is 1. The Morgan fingerprint density at radius 3 is 2.46 bits per heavy atom. The fourth-order valence-electron chi connectivity index (χ4n) is 4.16. The minimum Gasteiger partial charge on any atom is -0.370 e. The lowest BCUT2D eigenvalue weighted by Crippen LogP contribution is -2.28. The molecule has 2 heterocycles. The molecule has 0 aliphatic carbocycles. The van der Waals surface area contributed by atoms with Crippen LogP contribution < -0.4 is 5.32 Å². The Balaban J connectivity index is 1.23. The number of carbonyl (C=O) groups excluding carboxylic acids is 1. The largest absolute Gasteiger partial charge is 0.370 e. The van der Waals surface area contributed by atoms with Crippen molar-refractivity contribution >= 4 is 44.9 Å². The number of fused-ring (bicyclic) bond motifs is 1. The van der Waals surface area contributed by atoms with Gasteiger partial charge < -0.3 is 10.2 Å². The Morgan fingerprint density at radius 1 is 1.00 bits per heavy atom. The molecule has 0 atom stereocenters. The number of amides is 1. The maximum atomic E-state index is 12.9. The summed E-state index contributed by atoms with van der Waals surface area (Å²) in [6.07, 6.45) is 2.48. The van der Waals surface area contributed by atoms with Crippen molar-refractivity contribution in [3.63, 3.8) is 0 Å². The average Bonchev–Trinajstić information content (AvgIpc) is 3.32. The van der Waals surface area contributed by atoms with Gasteiger partial charge in [0.1, 0.15) is 5.82 Å². The van der Waals surface area contributed by atoms with E-state index in [1.807, 2.05) is 79.8 Å². The van der Waals surface area contributed by atoms with E-state index in [0.29, 0.717) is 29.3 Å². The molecule has 3 aromatic carbocycles. The molecule has 5 aromatic rings. The van der Waals surface area contributed by atoms with Gasteiger partial charge in [0.05, 0.1) is 16.4 Å². The summed E-state index contributed by atoms with van der Waals surface area (Å²) >= 11 is 9.96. The summed E-state index contributed by atoms with van der Waals surface area (Å²) in [5.41, 5.74) is 5.21. The van der Waals surface area contributed by atoms with Gasteiger partial charge in [-0.05, 0) is 51.7 Å². The lowest BCUT2D eigenvalue weighted by atomic mass is 10.0. The van der Waals surface area contributed by atoms with E-state index in [0.717, 1.165) is 39.1 Å². The number of hydrogen-bond acceptors (Lipinski definition) is 4. The van der Waals surface area contributed by atoms with Crippen LogP contribution >= 0.6 is 27.5 Å². The molecule has 0 aliphatic heterocycles. The zero-order chi connectivity index (χ0) is 25.8. The van der Waals surface area contributed by atoms with Gasteiger partial charge in [-0.3, -0.25) is 4.79 Å². The molecule has 2 aromatic heterocycles. The number of anilines is 1. The van der Waals surface area contributed by atoms with Crippen molar-refractivity contribution in [2.45, 2.75) is 6.42 Å². The number of nitrogens with zero attached hydrogens (tertiary/aromatic N) is 4. The van der Waals surface area contributed by atoms with E-state index in [1.165, 1.54) is 0 Å². The van der Waals surface area contributed by atoms with E-state index < -0.39 is 0 Å². The van der Waals surface area contributed by atoms with Crippen molar-refractivity contribution < 1.29 is 4.79 Å². The van der Waals surface area contributed by atoms with Crippen LogP contribution in [0.2, 0.25) is 5.02 Å². The summed E-state index contributed by atoms with van der Waals surface area (Å²) in [5.74, 6) is 0.805. The number of hydrogen-bond donors (Lipinski definition) is 1. The van der Waals surface area contributed by atoms with Crippen LogP contribution in [0.1, 0.15) is 16.8 Å². The van der Waals surface area contributed by atoms with Crippen molar-refractivity contribution in [1.82, 2.24) is 19.5 Å². The molecule has 0 unspecified atom stereocenters. The monoisotopic (exact) mass is 573 g/mol. The van der Waals surface area contributed by atoms with Crippen LogP contribution in [-0.4, -0.2) is 45.5 Å². The van der Waals surface area contributed by atoms with E-state index in [4.69, 9.17) is 16.6 Å². The maximum Gasteiger partial charge on any atom is 0.253 e. The minimum absolute atomic E-state index is 0.00271. The summed E-state index contributed by atoms with van der Waals surface area (Å²) in [5, 5.41) is 8.52. The number of benzene rings is 3. The van der Waals surface area contributed by atoms with Gasteiger partial charge >= 0.3 is 0 Å². The molecule has 1 amide bonds. The van der Waals surface area contributed by atoms with Crippen LogP contribution in [0.3, 0.4) is 0 Å². The molecule has 6 nitrogen and oxygen atoms in total. The van der Waals surface area contributed by atoms with Gasteiger partial charge in [-0.25, -0.2) is 4.98 Å². The molecule has 37 heavy (non-hydrogen) atoms. The Hall–Kier alpha value is -3.68. The molecule has 0 fully saturated rings. The van der Waals surface area contributed by atoms with Gasteiger partial charge in [-0.1, -0.05) is 72.3 Å². The summed E-state index contributed by atoms with van der Waals surface area (Å²) in [4.78, 5) is 19.4. The predicted octanol–water partition coefficient (Wildman–Crippen LogP) is 7.05. The van der Waals surface area contributed by atoms with Gasteiger partial charge in [0.15, 0.2) is 5.65 Å². The quantitative estimate of drug-likeness (QED) is 0.202. The van der Waals surface area contributed by atoms with Crippen molar-refractivity contribution in [3.8, 4) is 22.4 Å². The molecule has 1 N–H and O–H groups in total. The highest BCUT2D eigenvalue weighted by Gasteiger charge is 2.14. The third-order valence-electron chi connectivity index (χ3n) is 6.14. The number of aromatic nitrogens is 3. The third-order valence-corrected chi connectivity index (χ3v) is 7.03. The second-order valence-electron chi connectivity index (χ2n) is 8.68. The standard InChI is InChI=1S/C29H25BrClN5O/c1-35(29(37)22-14-12-21(13-15-22)20-8-3-2-4-9-20)17-7-16-32-27-18-26(23-10-5-6-11-25(23)31)34-28-24(30)19-33-36(27)28/h2-6,8-15,18-19,32H,7,16-17H2,1H3. The van der Waals surface area contributed by atoms with Crippen LogP contribution in [0.15, 0.2) is 95.6 Å². The first-order chi connectivity index (χ1) is 18.0. The first kappa shape index (κ1) is 25.0. The summed E-state index contributed by atoms with van der Waals surface area (Å²) < 4.78 is 2.56. The van der Waals surface area contributed by atoms with Crippen LogP contribution in [-0.2, 0) is 0 Å². The molecule has 0 radical (unpaired) electrons. The molecule has 0 bridgehead atoms. The van der Waals surface area contributed by atoms with Crippen LogP contribution in [0.25, 0.3) is 28.0 Å². The molecular weight excluding hydrogens is 550 g/mol. The van der Waals surface area contributed by atoms with Gasteiger partial charge in [-0.15, -0.1) is 0 Å². The first-order valence-corrected chi connectivity index (χ1v) is 13.1. The molecule has 0 spiro atoms. The zero-order valence-corrected chi connectivity index (χ0v) is 22.6. The summed E-state index contributed by atoms with van der Waals surface area (Å²) in [6.45, 7) is 1.27. The van der Waals surface area contributed by atoms with Gasteiger partial charge in [0.25, 0.3) is 5.91 Å². The molecular formula is C29H25BrClN5O. The third kappa shape index (κ3) is 5.53. The highest BCUT2D eigenvalue weighted by Crippen LogP contribution is 2.30.